The summed E-state index contributed by atoms with van der Waals surface area (Å²) >= 11 is -0.738. The molecule has 0 spiro atoms. The molecule has 3 nitrogen and oxygen atoms in total. The van der Waals surface area contributed by atoms with Crippen molar-refractivity contribution in [2.75, 3.05) is 7.11 Å². The topological polar surface area (TPSA) is 50.1 Å². The van der Waals surface area contributed by atoms with Gasteiger partial charge in [-0.15, -0.1) is 0 Å². The Morgan fingerprint density at radius 3 is 2.40 bits per heavy atom. The van der Waals surface area contributed by atoms with Crippen LogP contribution in [0.25, 0.3) is 0 Å². The van der Waals surface area contributed by atoms with Crippen molar-refractivity contribution in [3.63, 3.8) is 0 Å². The Labute approximate surface area is 114 Å². The number of hydrogen-bond acceptors (Lipinski definition) is 4. The minimum absolute atomic E-state index is 0.478. The zero-order valence-electron chi connectivity index (χ0n) is 9.79. The zero-order chi connectivity index (χ0) is 15.5. The molecule has 0 aliphatic carbocycles. The molecule has 1 aromatic carbocycles. The van der Waals surface area contributed by atoms with Crippen LogP contribution in [-0.2, 0) is 4.74 Å². The fourth-order valence-corrected chi connectivity index (χ4v) is 2.07. The molecule has 0 amide bonds. The minimum atomic E-state index is -4.78. The van der Waals surface area contributed by atoms with Gasteiger partial charge in [-0.05, 0) is 23.9 Å². The molecule has 0 aromatic heterocycles. The average Bonchev–Trinajstić information content (AvgIpc) is 2.34. The summed E-state index contributed by atoms with van der Waals surface area (Å²) in [6, 6.07) is 2.65. The van der Waals surface area contributed by atoms with Crippen LogP contribution in [0.15, 0.2) is 17.0 Å². The van der Waals surface area contributed by atoms with Crippen molar-refractivity contribution in [2.24, 2.45) is 0 Å². The Balaban J connectivity index is 3.50. The summed E-state index contributed by atoms with van der Waals surface area (Å²) in [5.41, 5.74) is -7.01. The number of alkyl halides is 5. The summed E-state index contributed by atoms with van der Waals surface area (Å²) in [6.07, 6.45) is -3.19. The van der Waals surface area contributed by atoms with Gasteiger partial charge >= 0.3 is 11.5 Å². The number of nitrogens with zero attached hydrogens (tertiary/aromatic N) is 1. The van der Waals surface area contributed by atoms with Crippen LogP contribution in [0.2, 0.25) is 0 Å². The van der Waals surface area contributed by atoms with E-state index in [2.05, 4.69) is 4.74 Å². The maximum Gasteiger partial charge on any atom is 0.446 e. The molecule has 0 unspecified atom stereocenters. The van der Waals surface area contributed by atoms with E-state index in [-0.39, 0.29) is 0 Å². The standard InChI is InChI=1S/C11H6F5NO2S/c1-19-10(18)5-2-6(9(12)13)7(4-17)8(3-5)20-11(14,15)16/h2-3,9H,1H3. The Morgan fingerprint density at radius 2 is 2.00 bits per heavy atom. The van der Waals surface area contributed by atoms with Crippen LogP contribution < -0.4 is 0 Å². The Bertz CT molecular complexity index is 565. The molecule has 0 heterocycles. The largest absolute Gasteiger partial charge is 0.465 e. The lowest BCUT2D eigenvalue weighted by Crippen LogP contribution is -2.07. The molecular formula is C11H6F5NO2S. The third-order valence-electron chi connectivity index (χ3n) is 2.13. The van der Waals surface area contributed by atoms with E-state index in [1.54, 1.807) is 0 Å². The van der Waals surface area contributed by atoms with Crippen molar-refractivity contribution in [1.29, 1.82) is 5.26 Å². The molecule has 0 fully saturated rings. The summed E-state index contributed by atoms with van der Waals surface area (Å²) in [5, 5.41) is 8.75. The van der Waals surface area contributed by atoms with E-state index < -0.39 is 51.3 Å². The molecule has 0 saturated carbocycles. The van der Waals surface area contributed by atoms with Gasteiger partial charge in [-0.1, -0.05) is 0 Å². The van der Waals surface area contributed by atoms with Gasteiger partial charge in [-0.2, -0.15) is 18.4 Å². The number of nitriles is 1. The van der Waals surface area contributed by atoms with Crippen LogP contribution in [0, 0.1) is 11.3 Å². The molecule has 1 aromatic rings. The van der Waals surface area contributed by atoms with Crippen LogP contribution in [-0.4, -0.2) is 18.6 Å². The number of halogens is 5. The van der Waals surface area contributed by atoms with Gasteiger partial charge in [-0.25, -0.2) is 13.6 Å². The number of methoxy groups -OCH3 is 1. The summed E-state index contributed by atoms with van der Waals surface area (Å²) in [6.45, 7) is 0. The van der Waals surface area contributed by atoms with Gasteiger partial charge in [0.05, 0.1) is 18.2 Å². The summed E-state index contributed by atoms with van der Waals surface area (Å²) < 4.78 is 66.9. The number of carbonyl (C=O) groups excluding carboxylic acids is 1. The van der Waals surface area contributed by atoms with E-state index in [4.69, 9.17) is 5.26 Å². The molecule has 9 heteroatoms. The monoisotopic (exact) mass is 311 g/mol. The molecule has 0 aliphatic rings. The number of esters is 1. The molecule has 1 rings (SSSR count). The van der Waals surface area contributed by atoms with Crippen LogP contribution in [0.3, 0.4) is 0 Å². The quantitative estimate of drug-likeness (QED) is 0.483. The van der Waals surface area contributed by atoms with E-state index in [0.29, 0.717) is 12.1 Å². The molecule has 0 saturated heterocycles. The van der Waals surface area contributed by atoms with Crippen molar-refractivity contribution in [3.05, 3.63) is 28.8 Å². The van der Waals surface area contributed by atoms with Crippen molar-refractivity contribution in [2.45, 2.75) is 16.8 Å². The molecule has 0 atom stereocenters. The molecule has 0 bridgehead atoms. The fraction of sp³-hybridized carbons (Fsp3) is 0.273. The zero-order valence-corrected chi connectivity index (χ0v) is 10.6. The first-order valence-corrected chi connectivity index (χ1v) is 5.71. The first kappa shape index (κ1) is 16.2. The van der Waals surface area contributed by atoms with E-state index in [1.807, 2.05) is 0 Å². The maximum atomic E-state index is 12.8. The molecular weight excluding hydrogens is 305 g/mol. The smallest absolute Gasteiger partial charge is 0.446 e. The third kappa shape index (κ3) is 3.84. The van der Waals surface area contributed by atoms with Crippen LogP contribution in [0.5, 0.6) is 0 Å². The SMILES string of the molecule is COC(=O)c1cc(SC(F)(F)F)c(C#N)c(C(F)F)c1. The van der Waals surface area contributed by atoms with Gasteiger partial charge < -0.3 is 4.74 Å². The normalized spacial score (nSPS) is 11.3. The number of hydrogen-bond donors (Lipinski definition) is 0. The Morgan fingerprint density at radius 1 is 1.40 bits per heavy atom. The lowest BCUT2D eigenvalue weighted by Gasteiger charge is -2.12. The minimum Gasteiger partial charge on any atom is -0.465 e. The second-order valence-electron chi connectivity index (χ2n) is 3.39. The summed E-state index contributed by atoms with van der Waals surface area (Å²) in [5.74, 6) is -1.07. The average molecular weight is 311 g/mol. The number of ether oxygens (including phenoxy) is 1. The molecule has 108 valence electrons. The lowest BCUT2D eigenvalue weighted by atomic mass is 10.0. The van der Waals surface area contributed by atoms with Crippen molar-refractivity contribution in [1.82, 2.24) is 0 Å². The van der Waals surface area contributed by atoms with Crippen molar-refractivity contribution in [3.8, 4) is 6.07 Å². The van der Waals surface area contributed by atoms with Gasteiger partial charge in [0.2, 0.25) is 0 Å². The van der Waals surface area contributed by atoms with Gasteiger partial charge in [0, 0.05) is 10.5 Å². The Hall–Kier alpha value is -1.82. The van der Waals surface area contributed by atoms with E-state index in [9.17, 15) is 26.7 Å². The first-order valence-electron chi connectivity index (χ1n) is 4.90. The highest BCUT2D eigenvalue weighted by Crippen LogP contribution is 2.41. The highest BCUT2D eigenvalue weighted by molar-refractivity contribution is 8.00. The second kappa shape index (κ2) is 6.09. The predicted octanol–water partition coefficient (Wildman–Crippen LogP) is 3.89. The van der Waals surface area contributed by atoms with Gasteiger partial charge in [0.1, 0.15) is 6.07 Å². The second-order valence-corrected chi connectivity index (χ2v) is 4.50. The van der Waals surface area contributed by atoms with Crippen molar-refractivity contribution < 1.29 is 31.5 Å². The lowest BCUT2D eigenvalue weighted by molar-refractivity contribution is -0.0328. The van der Waals surface area contributed by atoms with Crippen LogP contribution in [0.4, 0.5) is 22.0 Å². The number of carbonyl (C=O) groups is 1. The maximum absolute atomic E-state index is 12.8. The first-order chi connectivity index (χ1) is 9.19. The van der Waals surface area contributed by atoms with Gasteiger partial charge in [-0.3, -0.25) is 0 Å². The fourth-order valence-electron chi connectivity index (χ4n) is 1.37. The molecule has 20 heavy (non-hydrogen) atoms. The third-order valence-corrected chi connectivity index (χ3v) is 2.90. The number of benzene rings is 1. The van der Waals surface area contributed by atoms with Gasteiger partial charge in [0.25, 0.3) is 6.43 Å². The predicted molar refractivity (Wildman–Crippen MR) is 59.4 cm³/mol. The number of thioether (sulfide) groups is 1. The summed E-state index contributed by atoms with van der Waals surface area (Å²) in [4.78, 5) is 10.5. The van der Waals surface area contributed by atoms with Crippen LogP contribution >= 0.6 is 11.8 Å². The highest BCUT2D eigenvalue weighted by Gasteiger charge is 2.32. The molecule has 0 N–H and O–H groups in total. The highest BCUT2D eigenvalue weighted by atomic mass is 32.2. The van der Waals surface area contributed by atoms with E-state index >= 15 is 0 Å². The van der Waals surface area contributed by atoms with Gasteiger partial charge in [0.15, 0.2) is 0 Å². The van der Waals surface area contributed by atoms with Crippen molar-refractivity contribution >= 4 is 17.7 Å². The molecule has 0 radical (unpaired) electrons. The molecule has 0 aliphatic heterocycles. The van der Waals surface area contributed by atoms with Crippen LogP contribution in [0.1, 0.15) is 27.9 Å². The summed E-state index contributed by atoms with van der Waals surface area (Å²) in [7, 11) is 0.957. The Kier molecular flexibility index (Phi) is 4.94. The van der Waals surface area contributed by atoms with E-state index in [1.165, 1.54) is 6.07 Å². The van der Waals surface area contributed by atoms with E-state index in [0.717, 1.165) is 7.11 Å². The number of rotatable bonds is 3.